The number of benzene rings is 1. The van der Waals surface area contributed by atoms with Crippen LogP contribution in [0.5, 0.6) is 5.75 Å². The summed E-state index contributed by atoms with van der Waals surface area (Å²) in [5, 5.41) is 3.60. The molecule has 0 bridgehead atoms. The Hall–Kier alpha value is -1.04. The minimum absolute atomic E-state index is 0.490. The van der Waals surface area contributed by atoms with Crippen LogP contribution in [0.25, 0.3) is 0 Å². The highest BCUT2D eigenvalue weighted by atomic mass is 127. The van der Waals surface area contributed by atoms with Gasteiger partial charge in [0.2, 0.25) is 0 Å². The number of nitrogens with zero attached hydrogens (tertiary/aromatic N) is 1. The van der Waals surface area contributed by atoms with E-state index in [0.29, 0.717) is 6.61 Å². The van der Waals surface area contributed by atoms with Crippen LogP contribution in [0.3, 0.4) is 0 Å². The lowest BCUT2D eigenvalue weighted by Crippen LogP contribution is -1.95. The van der Waals surface area contributed by atoms with Crippen LogP contribution in [-0.4, -0.2) is 5.16 Å². The van der Waals surface area contributed by atoms with E-state index < -0.39 is 0 Å². The topological polar surface area (TPSA) is 35.3 Å². The third-order valence-corrected chi connectivity index (χ3v) is 2.61. The highest BCUT2D eigenvalue weighted by Gasteiger charge is 2.00. The second-order valence-corrected chi connectivity index (χ2v) is 3.91. The molecule has 72 valence electrons. The van der Waals surface area contributed by atoms with Crippen LogP contribution in [0.1, 0.15) is 5.56 Å². The van der Waals surface area contributed by atoms with Crippen molar-refractivity contribution in [3.63, 3.8) is 0 Å². The quantitative estimate of drug-likeness (QED) is 0.818. The van der Waals surface area contributed by atoms with Crippen LogP contribution < -0.4 is 4.74 Å². The molecule has 0 atom stereocenters. The molecule has 3 nitrogen and oxygen atoms in total. The molecule has 0 aliphatic rings. The smallest absolute Gasteiger partial charge is 0.133 e. The molecule has 0 amide bonds. The zero-order chi connectivity index (χ0) is 9.80. The zero-order valence-electron chi connectivity index (χ0n) is 7.31. The molecule has 1 aromatic heterocycles. The highest BCUT2D eigenvalue weighted by molar-refractivity contribution is 14.1. The van der Waals surface area contributed by atoms with Crippen molar-refractivity contribution in [3.8, 4) is 5.75 Å². The van der Waals surface area contributed by atoms with E-state index in [2.05, 4.69) is 27.7 Å². The summed E-state index contributed by atoms with van der Waals surface area (Å²) < 4.78 is 11.4. The highest BCUT2D eigenvalue weighted by Crippen LogP contribution is 2.20. The van der Waals surface area contributed by atoms with E-state index in [0.717, 1.165) is 14.9 Å². The van der Waals surface area contributed by atoms with Gasteiger partial charge in [-0.3, -0.25) is 0 Å². The van der Waals surface area contributed by atoms with E-state index in [-0.39, 0.29) is 0 Å². The molecule has 0 N–H and O–H groups in total. The van der Waals surface area contributed by atoms with Gasteiger partial charge in [-0.2, -0.15) is 0 Å². The molecule has 2 aromatic rings. The number of halogens is 1. The monoisotopic (exact) mass is 301 g/mol. The standard InChI is InChI=1S/C10H8INO2/c11-9-3-1-2-4-10(9)13-6-8-5-12-14-7-8/h1-5,7H,6H2. The van der Waals surface area contributed by atoms with E-state index in [4.69, 9.17) is 9.26 Å². The number of aromatic nitrogens is 1. The summed E-state index contributed by atoms with van der Waals surface area (Å²) in [6, 6.07) is 7.87. The van der Waals surface area contributed by atoms with Crippen molar-refractivity contribution in [2.24, 2.45) is 0 Å². The first-order valence-corrected chi connectivity index (χ1v) is 5.20. The molecule has 2 rings (SSSR count). The minimum atomic E-state index is 0.490. The third kappa shape index (κ3) is 2.25. The lowest BCUT2D eigenvalue weighted by atomic mass is 10.3. The molecule has 0 radical (unpaired) electrons. The molecule has 0 saturated carbocycles. The summed E-state index contributed by atoms with van der Waals surface area (Å²) in [4.78, 5) is 0. The summed E-state index contributed by atoms with van der Waals surface area (Å²) in [7, 11) is 0. The largest absolute Gasteiger partial charge is 0.488 e. The third-order valence-electron chi connectivity index (χ3n) is 1.71. The van der Waals surface area contributed by atoms with Gasteiger partial charge in [0, 0.05) is 5.56 Å². The van der Waals surface area contributed by atoms with Gasteiger partial charge in [0.15, 0.2) is 0 Å². The van der Waals surface area contributed by atoms with E-state index in [1.807, 2.05) is 24.3 Å². The second kappa shape index (κ2) is 4.45. The second-order valence-electron chi connectivity index (χ2n) is 2.75. The molecule has 14 heavy (non-hydrogen) atoms. The van der Waals surface area contributed by atoms with E-state index in [1.165, 1.54) is 0 Å². The predicted octanol–water partition coefficient (Wildman–Crippen LogP) is 2.86. The summed E-state index contributed by atoms with van der Waals surface area (Å²) >= 11 is 2.24. The lowest BCUT2D eigenvalue weighted by molar-refractivity contribution is 0.302. The maximum Gasteiger partial charge on any atom is 0.133 e. The maximum absolute atomic E-state index is 5.57. The van der Waals surface area contributed by atoms with Gasteiger partial charge in [-0.1, -0.05) is 17.3 Å². The predicted molar refractivity (Wildman–Crippen MR) is 60.0 cm³/mol. The van der Waals surface area contributed by atoms with Gasteiger partial charge in [-0.15, -0.1) is 0 Å². The van der Waals surface area contributed by atoms with Crippen LogP contribution in [0.4, 0.5) is 0 Å². The van der Waals surface area contributed by atoms with Crippen LogP contribution in [0, 0.1) is 3.57 Å². The van der Waals surface area contributed by atoms with Crippen LogP contribution >= 0.6 is 22.6 Å². The fourth-order valence-electron chi connectivity index (χ4n) is 1.02. The number of hydrogen-bond donors (Lipinski definition) is 0. The Morgan fingerprint density at radius 1 is 1.36 bits per heavy atom. The van der Waals surface area contributed by atoms with Gasteiger partial charge >= 0.3 is 0 Å². The van der Waals surface area contributed by atoms with E-state index in [9.17, 15) is 0 Å². The van der Waals surface area contributed by atoms with Crippen molar-refractivity contribution in [2.75, 3.05) is 0 Å². The SMILES string of the molecule is Ic1ccccc1OCc1cnoc1. The first-order valence-electron chi connectivity index (χ1n) is 4.12. The van der Waals surface area contributed by atoms with Gasteiger partial charge in [0.25, 0.3) is 0 Å². The Bertz CT molecular complexity index is 400. The molecule has 0 saturated heterocycles. The number of para-hydroxylation sites is 1. The van der Waals surface area contributed by atoms with Crippen molar-refractivity contribution < 1.29 is 9.26 Å². The summed E-state index contributed by atoms with van der Waals surface area (Å²) in [6.45, 7) is 0.490. The lowest BCUT2D eigenvalue weighted by Gasteiger charge is -2.05. The fraction of sp³-hybridized carbons (Fsp3) is 0.100. The Morgan fingerprint density at radius 3 is 2.93 bits per heavy atom. The fourth-order valence-corrected chi connectivity index (χ4v) is 1.56. The van der Waals surface area contributed by atoms with Crippen molar-refractivity contribution >= 4 is 22.6 Å². The molecular weight excluding hydrogens is 293 g/mol. The Labute approximate surface area is 95.2 Å². The van der Waals surface area contributed by atoms with Crippen LogP contribution in [0.2, 0.25) is 0 Å². The molecule has 0 unspecified atom stereocenters. The van der Waals surface area contributed by atoms with Gasteiger partial charge < -0.3 is 9.26 Å². The maximum atomic E-state index is 5.57. The van der Waals surface area contributed by atoms with Crippen molar-refractivity contribution in [1.82, 2.24) is 5.16 Å². The summed E-state index contributed by atoms with van der Waals surface area (Å²) in [5.74, 6) is 0.884. The Balaban J connectivity index is 2.02. The van der Waals surface area contributed by atoms with E-state index >= 15 is 0 Å². The zero-order valence-corrected chi connectivity index (χ0v) is 9.47. The Morgan fingerprint density at radius 2 is 2.21 bits per heavy atom. The molecular formula is C10H8INO2. The molecule has 1 heterocycles. The van der Waals surface area contributed by atoms with E-state index in [1.54, 1.807) is 12.5 Å². The average Bonchev–Trinajstić information content (AvgIpc) is 2.69. The van der Waals surface area contributed by atoms with Gasteiger partial charge in [0.05, 0.1) is 9.77 Å². The minimum Gasteiger partial charge on any atom is -0.488 e. The molecule has 0 aliphatic heterocycles. The van der Waals surface area contributed by atoms with Crippen molar-refractivity contribution in [3.05, 3.63) is 45.9 Å². The molecule has 0 aliphatic carbocycles. The molecule has 0 spiro atoms. The van der Waals surface area contributed by atoms with Crippen molar-refractivity contribution in [2.45, 2.75) is 6.61 Å². The molecule has 0 fully saturated rings. The summed E-state index contributed by atoms with van der Waals surface area (Å²) in [5.41, 5.74) is 0.935. The van der Waals surface area contributed by atoms with Crippen LogP contribution in [0.15, 0.2) is 41.2 Å². The average molecular weight is 301 g/mol. The van der Waals surface area contributed by atoms with Gasteiger partial charge in [0.1, 0.15) is 18.6 Å². The number of hydrogen-bond acceptors (Lipinski definition) is 3. The number of ether oxygens (including phenoxy) is 1. The van der Waals surface area contributed by atoms with Gasteiger partial charge in [-0.25, -0.2) is 0 Å². The first-order chi connectivity index (χ1) is 6.86. The Kier molecular flexibility index (Phi) is 3.03. The normalized spacial score (nSPS) is 10.1. The number of rotatable bonds is 3. The summed E-state index contributed by atoms with van der Waals surface area (Å²) in [6.07, 6.45) is 3.23. The molecule has 4 heteroatoms. The van der Waals surface area contributed by atoms with Crippen LogP contribution in [-0.2, 0) is 6.61 Å². The molecule has 1 aromatic carbocycles. The first kappa shape index (κ1) is 9.51. The van der Waals surface area contributed by atoms with Crippen molar-refractivity contribution in [1.29, 1.82) is 0 Å². The van der Waals surface area contributed by atoms with Gasteiger partial charge in [-0.05, 0) is 34.7 Å².